The summed E-state index contributed by atoms with van der Waals surface area (Å²) in [6, 6.07) is 1.54. The van der Waals surface area contributed by atoms with Crippen molar-refractivity contribution in [1.29, 1.82) is 0 Å². The van der Waals surface area contributed by atoms with Crippen LogP contribution in [0.2, 0.25) is 0 Å². The predicted molar refractivity (Wildman–Crippen MR) is 56.6 cm³/mol. The van der Waals surface area contributed by atoms with Gasteiger partial charge in [-0.2, -0.15) is 0 Å². The number of rotatable bonds is 1. The Labute approximate surface area is 89.6 Å². The first-order chi connectivity index (χ1) is 6.49. The van der Waals surface area contributed by atoms with Gasteiger partial charge in [0.1, 0.15) is 5.82 Å². The molecule has 1 aromatic rings. The van der Waals surface area contributed by atoms with E-state index in [1.165, 1.54) is 13.1 Å². The first kappa shape index (κ1) is 11.0. The molecule has 14 heavy (non-hydrogen) atoms. The molecule has 0 radical (unpaired) electrons. The number of carbonyl (C=O) groups is 1. The van der Waals surface area contributed by atoms with Gasteiger partial charge in [0.2, 0.25) is 0 Å². The van der Waals surface area contributed by atoms with Crippen LogP contribution in [0.25, 0.3) is 0 Å². The summed E-state index contributed by atoms with van der Waals surface area (Å²) >= 11 is 3.16. The molecule has 1 amide bonds. The molecule has 0 aliphatic heterocycles. The molecule has 0 unspecified atom stereocenters. The summed E-state index contributed by atoms with van der Waals surface area (Å²) < 4.78 is 14.0. The van der Waals surface area contributed by atoms with Gasteiger partial charge in [0, 0.05) is 11.5 Å². The highest BCUT2D eigenvalue weighted by atomic mass is 79.9. The summed E-state index contributed by atoms with van der Waals surface area (Å²) in [4.78, 5) is 11.3. The van der Waals surface area contributed by atoms with E-state index >= 15 is 0 Å². The zero-order valence-electron chi connectivity index (χ0n) is 7.82. The monoisotopic (exact) mass is 260 g/mol. The van der Waals surface area contributed by atoms with E-state index in [9.17, 15) is 9.18 Å². The van der Waals surface area contributed by atoms with E-state index in [1.807, 2.05) is 0 Å². The summed E-state index contributed by atoms with van der Waals surface area (Å²) in [7, 11) is 1.43. The van der Waals surface area contributed by atoms with Crippen LogP contribution >= 0.6 is 15.9 Å². The maximum atomic E-state index is 13.5. The highest BCUT2D eigenvalue weighted by Gasteiger charge is 2.18. The quantitative estimate of drug-likeness (QED) is 0.758. The van der Waals surface area contributed by atoms with E-state index in [-0.39, 0.29) is 11.3 Å². The SMILES string of the molecule is CNC(=O)c1c(N)c(Br)cc(C)c1F. The van der Waals surface area contributed by atoms with Crippen LogP contribution in [0, 0.1) is 12.7 Å². The summed E-state index contributed by atoms with van der Waals surface area (Å²) in [5, 5.41) is 2.34. The van der Waals surface area contributed by atoms with Crippen molar-refractivity contribution in [2.75, 3.05) is 12.8 Å². The molecule has 3 nitrogen and oxygen atoms in total. The number of amides is 1. The van der Waals surface area contributed by atoms with Gasteiger partial charge in [-0.15, -0.1) is 0 Å². The minimum atomic E-state index is -0.579. The summed E-state index contributed by atoms with van der Waals surface area (Å²) in [5.41, 5.74) is 5.97. The molecular weight excluding hydrogens is 251 g/mol. The fraction of sp³-hybridized carbons (Fsp3) is 0.222. The van der Waals surface area contributed by atoms with Crippen LogP contribution in [-0.4, -0.2) is 13.0 Å². The zero-order chi connectivity index (χ0) is 10.9. The van der Waals surface area contributed by atoms with Crippen molar-refractivity contribution < 1.29 is 9.18 Å². The maximum Gasteiger partial charge on any atom is 0.256 e. The number of carbonyl (C=O) groups excluding carboxylic acids is 1. The van der Waals surface area contributed by atoms with Crippen LogP contribution in [0.3, 0.4) is 0 Å². The van der Waals surface area contributed by atoms with Crippen LogP contribution in [0.4, 0.5) is 10.1 Å². The lowest BCUT2D eigenvalue weighted by molar-refractivity contribution is 0.0960. The number of hydrogen-bond acceptors (Lipinski definition) is 2. The van der Waals surface area contributed by atoms with Gasteiger partial charge in [-0.05, 0) is 34.5 Å². The van der Waals surface area contributed by atoms with Crippen molar-refractivity contribution in [3.05, 3.63) is 27.5 Å². The van der Waals surface area contributed by atoms with Crippen LogP contribution < -0.4 is 11.1 Å². The number of nitrogens with two attached hydrogens (primary N) is 1. The van der Waals surface area contributed by atoms with E-state index in [0.717, 1.165) is 0 Å². The molecular formula is C9H10BrFN2O. The Morgan fingerprint density at radius 2 is 2.21 bits per heavy atom. The molecule has 3 N–H and O–H groups in total. The molecule has 5 heteroatoms. The zero-order valence-corrected chi connectivity index (χ0v) is 9.40. The van der Waals surface area contributed by atoms with Gasteiger partial charge in [0.15, 0.2) is 0 Å². The Balaban J connectivity index is 3.47. The van der Waals surface area contributed by atoms with Gasteiger partial charge < -0.3 is 11.1 Å². The van der Waals surface area contributed by atoms with Gasteiger partial charge >= 0.3 is 0 Å². The van der Waals surface area contributed by atoms with E-state index in [0.29, 0.717) is 10.0 Å². The van der Waals surface area contributed by atoms with Gasteiger partial charge in [-0.25, -0.2) is 4.39 Å². The van der Waals surface area contributed by atoms with Crippen molar-refractivity contribution in [3.63, 3.8) is 0 Å². The lowest BCUT2D eigenvalue weighted by Gasteiger charge is -2.09. The Kier molecular flexibility index (Phi) is 3.10. The second-order valence-electron chi connectivity index (χ2n) is 2.86. The molecule has 1 aromatic carbocycles. The number of nitrogen functional groups attached to an aromatic ring is 1. The van der Waals surface area contributed by atoms with Crippen molar-refractivity contribution in [2.24, 2.45) is 0 Å². The van der Waals surface area contributed by atoms with E-state index in [2.05, 4.69) is 21.2 Å². The minimum Gasteiger partial charge on any atom is -0.397 e. The average molecular weight is 261 g/mol. The van der Waals surface area contributed by atoms with Crippen LogP contribution in [0.5, 0.6) is 0 Å². The molecule has 0 saturated carbocycles. The average Bonchev–Trinajstić information content (AvgIpc) is 2.15. The Hall–Kier alpha value is -1.10. The summed E-state index contributed by atoms with van der Waals surface area (Å²) in [5.74, 6) is -1.10. The Bertz CT molecular complexity index is 367. The number of halogens is 2. The molecule has 76 valence electrons. The molecule has 0 heterocycles. The maximum absolute atomic E-state index is 13.5. The normalized spacial score (nSPS) is 10.0. The second kappa shape index (κ2) is 3.96. The fourth-order valence-corrected chi connectivity index (χ4v) is 1.65. The third kappa shape index (κ3) is 1.72. The molecule has 0 aliphatic carbocycles. The third-order valence-electron chi connectivity index (χ3n) is 1.89. The number of aryl methyl sites for hydroxylation is 1. The fourth-order valence-electron chi connectivity index (χ4n) is 1.11. The lowest BCUT2D eigenvalue weighted by Crippen LogP contribution is -2.21. The Morgan fingerprint density at radius 3 is 2.71 bits per heavy atom. The highest BCUT2D eigenvalue weighted by molar-refractivity contribution is 9.10. The first-order valence-corrected chi connectivity index (χ1v) is 4.74. The molecule has 1 rings (SSSR count). The van der Waals surface area contributed by atoms with Crippen molar-refractivity contribution in [1.82, 2.24) is 5.32 Å². The topological polar surface area (TPSA) is 55.1 Å². The minimum absolute atomic E-state index is 0.112. The van der Waals surface area contributed by atoms with E-state index in [4.69, 9.17) is 5.73 Å². The summed E-state index contributed by atoms with van der Waals surface area (Å²) in [6.45, 7) is 1.58. The van der Waals surface area contributed by atoms with Gasteiger partial charge in [-0.1, -0.05) is 0 Å². The highest BCUT2D eigenvalue weighted by Crippen LogP contribution is 2.28. The smallest absolute Gasteiger partial charge is 0.256 e. The van der Waals surface area contributed by atoms with Gasteiger partial charge in [0.25, 0.3) is 5.91 Å². The summed E-state index contributed by atoms with van der Waals surface area (Å²) in [6.07, 6.45) is 0. The standard InChI is InChI=1S/C9H10BrFN2O/c1-4-3-5(10)8(12)6(7(4)11)9(14)13-2/h3H,12H2,1-2H3,(H,13,14). The number of anilines is 1. The predicted octanol–water partition coefficient (Wildman–Crippen LogP) is 1.84. The van der Waals surface area contributed by atoms with Crippen molar-refractivity contribution in [3.8, 4) is 0 Å². The molecule has 0 aliphatic rings. The van der Waals surface area contributed by atoms with Crippen molar-refractivity contribution in [2.45, 2.75) is 6.92 Å². The molecule has 0 saturated heterocycles. The van der Waals surface area contributed by atoms with Crippen LogP contribution in [0.1, 0.15) is 15.9 Å². The van der Waals surface area contributed by atoms with E-state index < -0.39 is 11.7 Å². The number of hydrogen-bond donors (Lipinski definition) is 2. The number of nitrogens with one attached hydrogen (secondary N) is 1. The molecule has 0 aromatic heterocycles. The Morgan fingerprint density at radius 1 is 1.64 bits per heavy atom. The lowest BCUT2D eigenvalue weighted by atomic mass is 10.1. The third-order valence-corrected chi connectivity index (χ3v) is 2.55. The first-order valence-electron chi connectivity index (χ1n) is 3.95. The molecule has 0 bridgehead atoms. The molecule has 0 atom stereocenters. The largest absolute Gasteiger partial charge is 0.397 e. The van der Waals surface area contributed by atoms with Gasteiger partial charge in [0.05, 0.1) is 11.3 Å². The van der Waals surface area contributed by atoms with Crippen LogP contribution in [-0.2, 0) is 0 Å². The molecule has 0 fully saturated rings. The second-order valence-corrected chi connectivity index (χ2v) is 3.71. The van der Waals surface area contributed by atoms with Crippen LogP contribution in [0.15, 0.2) is 10.5 Å². The van der Waals surface area contributed by atoms with Gasteiger partial charge in [-0.3, -0.25) is 4.79 Å². The van der Waals surface area contributed by atoms with Crippen molar-refractivity contribution >= 4 is 27.5 Å². The van der Waals surface area contributed by atoms with E-state index in [1.54, 1.807) is 6.92 Å². The number of benzene rings is 1. The molecule has 0 spiro atoms.